The third-order valence-corrected chi connectivity index (χ3v) is 5.13. The maximum Gasteiger partial charge on any atom is 0.128 e. The monoisotopic (exact) mass is 273 g/mol. The Hall–Kier alpha value is -1.09. The molecule has 1 aromatic rings. The summed E-state index contributed by atoms with van der Waals surface area (Å²) in [7, 11) is 2.20. The van der Waals surface area contributed by atoms with E-state index in [1.54, 1.807) is 0 Å². The molecule has 20 heavy (non-hydrogen) atoms. The van der Waals surface area contributed by atoms with E-state index >= 15 is 0 Å². The zero-order chi connectivity index (χ0) is 13.9. The van der Waals surface area contributed by atoms with Gasteiger partial charge < -0.3 is 10.2 Å². The average molecular weight is 273 g/mol. The number of hydrogen-bond acceptors (Lipinski definition) is 3. The van der Waals surface area contributed by atoms with Gasteiger partial charge >= 0.3 is 0 Å². The van der Waals surface area contributed by atoms with E-state index in [1.807, 2.05) is 0 Å². The van der Waals surface area contributed by atoms with Crippen molar-refractivity contribution in [2.75, 3.05) is 25.0 Å². The lowest BCUT2D eigenvalue weighted by Crippen LogP contribution is -2.29. The fraction of sp³-hybridized carbons (Fsp3) is 0.706. The first kappa shape index (κ1) is 13.9. The normalized spacial score (nSPS) is 28.0. The van der Waals surface area contributed by atoms with Gasteiger partial charge in [-0.1, -0.05) is 19.4 Å². The fourth-order valence-electron chi connectivity index (χ4n) is 4.08. The number of rotatable bonds is 6. The van der Waals surface area contributed by atoms with Gasteiger partial charge in [-0.3, -0.25) is 0 Å². The van der Waals surface area contributed by atoms with E-state index in [0.29, 0.717) is 0 Å². The van der Waals surface area contributed by atoms with Crippen LogP contribution in [0.1, 0.15) is 38.3 Å². The van der Waals surface area contributed by atoms with Crippen molar-refractivity contribution < 1.29 is 0 Å². The molecule has 1 aromatic heterocycles. The molecular weight excluding hydrogens is 246 g/mol. The number of pyridine rings is 1. The second kappa shape index (κ2) is 6.13. The molecule has 110 valence electrons. The molecule has 0 saturated heterocycles. The summed E-state index contributed by atoms with van der Waals surface area (Å²) in [5.74, 6) is 4.06. The van der Waals surface area contributed by atoms with Gasteiger partial charge in [-0.05, 0) is 55.7 Å². The van der Waals surface area contributed by atoms with E-state index in [-0.39, 0.29) is 0 Å². The van der Waals surface area contributed by atoms with Crippen LogP contribution in [-0.4, -0.2) is 25.1 Å². The van der Waals surface area contributed by atoms with Gasteiger partial charge in [-0.25, -0.2) is 4.98 Å². The summed E-state index contributed by atoms with van der Waals surface area (Å²) in [6.07, 6.45) is 5.90. The number of nitrogens with zero attached hydrogens (tertiary/aromatic N) is 2. The second-order valence-corrected chi connectivity index (χ2v) is 6.58. The molecular formula is C17H27N3. The summed E-state index contributed by atoms with van der Waals surface area (Å²) in [5, 5.41) is 3.34. The zero-order valence-corrected chi connectivity index (χ0v) is 12.8. The molecule has 3 unspecified atom stereocenters. The van der Waals surface area contributed by atoms with Crippen molar-refractivity contribution in [2.45, 2.75) is 39.2 Å². The fourth-order valence-corrected chi connectivity index (χ4v) is 4.08. The van der Waals surface area contributed by atoms with Gasteiger partial charge in [-0.2, -0.15) is 0 Å². The maximum atomic E-state index is 4.78. The van der Waals surface area contributed by atoms with Crippen molar-refractivity contribution in [3.05, 3.63) is 23.9 Å². The Balaban J connectivity index is 1.60. The lowest BCUT2D eigenvalue weighted by atomic mass is 9.88. The Labute approximate surface area is 122 Å². The molecule has 3 atom stereocenters. The van der Waals surface area contributed by atoms with Crippen molar-refractivity contribution in [2.24, 2.45) is 17.8 Å². The smallest absolute Gasteiger partial charge is 0.128 e. The van der Waals surface area contributed by atoms with E-state index in [4.69, 9.17) is 4.98 Å². The zero-order valence-electron chi connectivity index (χ0n) is 12.8. The van der Waals surface area contributed by atoms with Crippen LogP contribution in [0.15, 0.2) is 18.2 Å². The summed E-state index contributed by atoms with van der Waals surface area (Å²) in [6.45, 7) is 5.17. The molecule has 2 saturated carbocycles. The van der Waals surface area contributed by atoms with E-state index in [1.165, 1.54) is 32.2 Å². The van der Waals surface area contributed by atoms with Gasteiger partial charge in [0.25, 0.3) is 0 Å². The third-order valence-electron chi connectivity index (χ3n) is 5.13. The molecule has 0 aliphatic heterocycles. The standard InChI is InChI=1S/C17H27N3/c1-3-18-11-16-5-4-6-17(19-16)20(2)12-15-10-13-7-8-14(15)9-13/h4-6,13-15,18H,3,7-12H2,1-2H3. The lowest BCUT2D eigenvalue weighted by molar-refractivity contribution is 0.337. The Morgan fingerprint density at radius 2 is 2.20 bits per heavy atom. The van der Waals surface area contributed by atoms with Crippen LogP contribution < -0.4 is 10.2 Å². The van der Waals surface area contributed by atoms with Crippen LogP contribution >= 0.6 is 0 Å². The summed E-state index contributed by atoms with van der Waals surface area (Å²) in [6, 6.07) is 6.38. The molecule has 2 aliphatic rings. The van der Waals surface area contributed by atoms with Crippen molar-refractivity contribution in [1.29, 1.82) is 0 Å². The highest BCUT2D eigenvalue weighted by Gasteiger charge is 2.39. The lowest BCUT2D eigenvalue weighted by Gasteiger charge is -2.28. The Kier molecular flexibility index (Phi) is 4.25. The molecule has 2 bridgehead atoms. The van der Waals surface area contributed by atoms with Crippen LogP contribution in [0.25, 0.3) is 0 Å². The minimum absolute atomic E-state index is 0.867. The van der Waals surface area contributed by atoms with Crippen molar-refractivity contribution in [3.63, 3.8) is 0 Å². The molecule has 0 aromatic carbocycles. The molecule has 0 radical (unpaired) electrons. The average Bonchev–Trinajstić information content (AvgIpc) is 3.08. The van der Waals surface area contributed by atoms with Crippen molar-refractivity contribution in [1.82, 2.24) is 10.3 Å². The summed E-state index contributed by atoms with van der Waals surface area (Å²) < 4.78 is 0. The SMILES string of the molecule is CCNCc1cccc(N(C)CC2CC3CCC2C3)n1. The summed E-state index contributed by atoms with van der Waals surface area (Å²) >= 11 is 0. The Morgan fingerprint density at radius 3 is 2.90 bits per heavy atom. The highest BCUT2D eigenvalue weighted by atomic mass is 15.2. The minimum atomic E-state index is 0.867. The molecule has 2 fully saturated rings. The first-order valence-electron chi connectivity index (χ1n) is 8.14. The first-order chi connectivity index (χ1) is 9.76. The third kappa shape index (κ3) is 2.98. The maximum absolute atomic E-state index is 4.78. The van der Waals surface area contributed by atoms with Gasteiger partial charge in [0.1, 0.15) is 5.82 Å². The molecule has 0 amide bonds. The number of nitrogens with one attached hydrogen (secondary N) is 1. The summed E-state index contributed by atoms with van der Waals surface area (Å²) in [4.78, 5) is 7.14. The number of anilines is 1. The van der Waals surface area contributed by atoms with Crippen LogP contribution in [0, 0.1) is 17.8 Å². The first-order valence-corrected chi connectivity index (χ1v) is 8.14. The predicted molar refractivity (Wildman–Crippen MR) is 83.8 cm³/mol. The minimum Gasteiger partial charge on any atom is -0.359 e. The van der Waals surface area contributed by atoms with Crippen LogP contribution in [-0.2, 0) is 6.54 Å². The largest absolute Gasteiger partial charge is 0.359 e. The van der Waals surface area contributed by atoms with Crippen molar-refractivity contribution in [3.8, 4) is 0 Å². The molecule has 2 aliphatic carbocycles. The number of aromatic nitrogens is 1. The van der Waals surface area contributed by atoms with E-state index in [9.17, 15) is 0 Å². The van der Waals surface area contributed by atoms with Gasteiger partial charge in [0.05, 0.1) is 5.69 Å². The Bertz CT molecular complexity index is 446. The number of fused-ring (bicyclic) bond motifs is 2. The van der Waals surface area contributed by atoms with E-state index in [2.05, 4.69) is 42.4 Å². The summed E-state index contributed by atoms with van der Waals surface area (Å²) in [5.41, 5.74) is 1.14. The Morgan fingerprint density at radius 1 is 1.30 bits per heavy atom. The van der Waals surface area contributed by atoms with Gasteiger partial charge in [0.2, 0.25) is 0 Å². The van der Waals surface area contributed by atoms with Gasteiger partial charge in [0.15, 0.2) is 0 Å². The van der Waals surface area contributed by atoms with Crippen LogP contribution in [0.3, 0.4) is 0 Å². The molecule has 3 nitrogen and oxygen atoms in total. The van der Waals surface area contributed by atoms with Crippen LogP contribution in [0.2, 0.25) is 0 Å². The molecule has 3 heteroatoms. The topological polar surface area (TPSA) is 28.2 Å². The van der Waals surface area contributed by atoms with E-state index in [0.717, 1.165) is 42.4 Å². The highest BCUT2D eigenvalue weighted by Crippen LogP contribution is 2.48. The molecule has 1 N–H and O–H groups in total. The van der Waals surface area contributed by atoms with E-state index < -0.39 is 0 Å². The molecule has 1 heterocycles. The molecule has 3 rings (SSSR count). The van der Waals surface area contributed by atoms with Crippen molar-refractivity contribution >= 4 is 5.82 Å². The van der Waals surface area contributed by atoms with Gasteiger partial charge in [0, 0.05) is 20.1 Å². The number of hydrogen-bond donors (Lipinski definition) is 1. The quantitative estimate of drug-likeness (QED) is 0.863. The van der Waals surface area contributed by atoms with Crippen LogP contribution in [0.5, 0.6) is 0 Å². The molecule has 0 spiro atoms. The second-order valence-electron chi connectivity index (χ2n) is 6.58. The van der Waals surface area contributed by atoms with Crippen LogP contribution in [0.4, 0.5) is 5.82 Å². The predicted octanol–water partition coefficient (Wildman–Crippen LogP) is 3.06. The van der Waals surface area contributed by atoms with Gasteiger partial charge in [-0.15, -0.1) is 0 Å². The highest BCUT2D eigenvalue weighted by molar-refractivity contribution is 5.38.